The van der Waals surface area contributed by atoms with Crippen molar-refractivity contribution in [1.29, 1.82) is 0 Å². The van der Waals surface area contributed by atoms with Crippen LogP contribution in [0.2, 0.25) is 0 Å². The lowest BCUT2D eigenvalue weighted by Crippen LogP contribution is -2.05. The van der Waals surface area contributed by atoms with E-state index in [0.29, 0.717) is 11.3 Å². The lowest BCUT2D eigenvalue weighted by atomic mass is 10.1. The summed E-state index contributed by atoms with van der Waals surface area (Å²) in [5.74, 6) is 0.197. The van der Waals surface area contributed by atoms with E-state index < -0.39 is 0 Å². The Morgan fingerprint density at radius 1 is 1.31 bits per heavy atom. The van der Waals surface area contributed by atoms with Gasteiger partial charge in [0, 0.05) is 17.7 Å². The Bertz CT molecular complexity index is 310. The monoisotopic (exact) mass is 183 g/mol. The summed E-state index contributed by atoms with van der Waals surface area (Å²) in [4.78, 5) is 0. The Kier molecular flexibility index (Phi) is 2.63. The number of hydrogen-bond donors (Lipinski definition) is 3. The molecule has 0 bridgehead atoms. The van der Waals surface area contributed by atoms with Gasteiger partial charge in [0.05, 0.1) is 7.11 Å². The number of ether oxygens (including phenoxy) is 1. The SMILES string of the molecule is COc1cc([C@@H](C)N)c(O)cc1O. The van der Waals surface area contributed by atoms with Crippen molar-refractivity contribution in [2.45, 2.75) is 13.0 Å². The Hall–Kier alpha value is -1.42. The second-order valence-corrected chi connectivity index (χ2v) is 2.87. The minimum Gasteiger partial charge on any atom is -0.507 e. The zero-order valence-corrected chi connectivity index (χ0v) is 7.61. The smallest absolute Gasteiger partial charge is 0.161 e. The first-order valence-corrected chi connectivity index (χ1v) is 3.91. The van der Waals surface area contributed by atoms with Gasteiger partial charge >= 0.3 is 0 Å². The molecule has 0 aliphatic carbocycles. The lowest BCUT2D eigenvalue weighted by Gasteiger charge is -2.11. The minimum absolute atomic E-state index is 0.0201. The molecule has 0 unspecified atom stereocenters. The van der Waals surface area contributed by atoms with Crippen LogP contribution in [0.15, 0.2) is 12.1 Å². The van der Waals surface area contributed by atoms with Gasteiger partial charge in [-0.05, 0) is 13.0 Å². The van der Waals surface area contributed by atoms with Crippen molar-refractivity contribution in [2.75, 3.05) is 7.11 Å². The summed E-state index contributed by atoms with van der Waals surface area (Å²) in [5.41, 5.74) is 6.14. The molecule has 4 nitrogen and oxygen atoms in total. The molecule has 0 heterocycles. The van der Waals surface area contributed by atoms with E-state index in [9.17, 15) is 10.2 Å². The molecule has 1 rings (SSSR count). The molecule has 0 saturated carbocycles. The van der Waals surface area contributed by atoms with Crippen molar-refractivity contribution in [3.8, 4) is 17.2 Å². The molecule has 0 amide bonds. The number of benzene rings is 1. The molecule has 1 atom stereocenters. The van der Waals surface area contributed by atoms with E-state index in [-0.39, 0.29) is 17.5 Å². The van der Waals surface area contributed by atoms with Gasteiger partial charge in [-0.15, -0.1) is 0 Å². The van der Waals surface area contributed by atoms with E-state index in [0.717, 1.165) is 0 Å². The van der Waals surface area contributed by atoms with Crippen LogP contribution in [0.3, 0.4) is 0 Å². The summed E-state index contributed by atoms with van der Waals surface area (Å²) in [5, 5.41) is 18.7. The van der Waals surface area contributed by atoms with Gasteiger partial charge in [0.2, 0.25) is 0 Å². The highest BCUT2D eigenvalue weighted by molar-refractivity contribution is 5.50. The highest BCUT2D eigenvalue weighted by atomic mass is 16.5. The zero-order valence-electron chi connectivity index (χ0n) is 7.61. The maximum atomic E-state index is 9.39. The van der Waals surface area contributed by atoms with E-state index >= 15 is 0 Å². The molecule has 0 aromatic heterocycles. The zero-order chi connectivity index (χ0) is 10.0. The number of methoxy groups -OCH3 is 1. The van der Waals surface area contributed by atoms with Crippen LogP contribution in [-0.2, 0) is 0 Å². The van der Waals surface area contributed by atoms with Crippen molar-refractivity contribution in [3.05, 3.63) is 17.7 Å². The molecule has 0 radical (unpaired) electrons. The number of nitrogens with two attached hydrogens (primary N) is 1. The van der Waals surface area contributed by atoms with Crippen LogP contribution in [0.25, 0.3) is 0 Å². The van der Waals surface area contributed by atoms with Gasteiger partial charge in [0.1, 0.15) is 5.75 Å². The first-order chi connectivity index (χ1) is 6.06. The summed E-state index contributed by atoms with van der Waals surface area (Å²) < 4.78 is 4.87. The van der Waals surface area contributed by atoms with Gasteiger partial charge in [-0.25, -0.2) is 0 Å². The van der Waals surface area contributed by atoms with Crippen LogP contribution in [0, 0.1) is 0 Å². The fourth-order valence-corrected chi connectivity index (χ4v) is 1.10. The van der Waals surface area contributed by atoms with Crippen molar-refractivity contribution in [3.63, 3.8) is 0 Å². The van der Waals surface area contributed by atoms with Crippen molar-refractivity contribution in [2.24, 2.45) is 5.73 Å². The van der Waals surface area contributed by atoms with Crippen LogP contribution in [-0.4, -0.2) is 17.3 Å². The molecular formula is C9H13NO3. The Morgan fingerprint density at radius 3 is 2.38 bits per heavy atom. The highest BCUT2D eigenvalue weighted by Gasteiger charge is 2.11. The van der Waals surface area contributed by atoms with Crippen LogP contribution >= 0.6 is 0 Å². The van der Waals surface area contributed by atoms with Gasteiger partial charge in [0.25, 0.3) is 0 Å². The summed E-state index contributed by atoms with van der Waals surface area (Å²) in [7, 11) is 1.44. The number of hydrogen-bond acceptors (Lipinski definition) is 4. The fraction of sp³-hybridized carbons (Fsp3) is 0.333. The standard InChI is InChI=1S/C9H13NO3/c1-5(10)6-3-9(13-2)8(12)4-7(6)11/h3-5,11-12H,10H2,1-2H3/t5-/m1/s1. The van der Waals surface area contributed by atoms with Crippen LogP contribution < -0.4 is 10.5 Å². The van der Waals surface area contributed by atoms with Gasteiger partial charge in [-0.1, -0.05) is 0 Å². The normalized spacial score (nSPS) is 12.5. The lowest BCUT2D eigenvalue weighted by molar-refractivity contribution is 0.367. The van der Waals surface area contributed by atoms with E-state index in [1.54, 1.807) is 6.92 Å². The highest BCUT2D eigenvalue weighted by Crippen LogP contribution is 2.35. The Morgan fingerprint density at radius 2 is 1.92 bits per heavy atom. The molecular weight excluding hydrogens is 170 g/mol. The first-order valence-electron chi connectivity index (χ1n) is 3.91. The predicted molar refractivity (Wildman–Crippen MR) is 48.9 cm³/mol. The third-order valence-corrected chi connectivity index (χ3v) is 1.82. The molecule has 0 aliphatic heterocycles. The largest absolute Gasteiger partial charge is 0.507 e. The maximum absolute atomic E-state index is 9.39. The van der Waals surface area contributed by atoms with E-state index in [4.69, 9.17) is 10.5 Å². The predicted octanol–water partition coefficient (Wildman–Crippen LogP) is 1.13. The fourth-order valence-electron chi connectivity index (χ4n) is 1.10. The number of rotatable bonds is 2. The molecule has 0 saturated heterocycles. The quantitative estimate of drug-likeness (QED) is 0.642. The third kappa shape index (κ3) is 1.84. The number of phenols is 2. The summed E-state index contributed by atoms with van der Waals surface area (Å²) in [6.07, 6.45) is 0. The second kappa shape index (κ2) is 3.53. The van der Waals surface area contributed by atoms with E-state index in [1.807, 2.05) is 0 Å². The maximum Gasteiger partial charge on any atom is 0.161 e. The first kappa shape index (κ1) is 9.67. The molecule has 72 valence electrons. The molecule has 0 spiro atoms. The van der Waals surface area contributed by atoms with Crippen molar-refractivity contribution in [1.82, 2.24) is 0 Å². The molecule has 4 heteroatoms. The molecule has 13 heavy (non-hydrogen) atoms. The molecule has 0 fully saturated rings. The summed E-state index contributed by atoms with van der Waals surface area (Å²) in [6, 6.07) is 2.45. The van der Waals surface area contributed by atoms with Crippen LogP contribution in [0.1, 0.15) is 18.5 Å². The Balaban J connectivity index is 3.22. The van der Waals surface area contributed by atoms with Crippen molar-refractivity contribution >= 4 is 0 Å². The number of aromatic hydroxyl groups is 2. The summed E-state index contributed by atoms with van der Waals surface area (Å²) in [6.45, 7) is 1.74. The van der Waals surface area contributed by atoms with Gasteiger partial charge in [-0.2, -0.15) is 0 Å². The average molecular weight is 183 g/mol. The van der Waals surface area contributed by atoms with Crippen molar-refractivity contribution < 1.29 is 14.9 Å². The third-order valence-electron chi connectivity index (χ3n) is 1.82. The van der Waals surface area contributed by atoms with Crippen LogP contribution in [0.4, 0.5) is 0 Å². The average Bonchev–Trinajstić information content (AvgIpc) is 2.03. The van der Waals surface area contributed by atoms with E-state index in [1.165, 1.54) is 19.2 Å². The molecule has 1 aromatic rings. The van der Waals surface area contributed by atoms with Crippen LogP contribution in [0.5, 0.6) is 17.2 Å². The van der Waals surface area contributed by atoms with Gasteiger partial charge in [0.15, 0.2) is 11.5 Å². The minimum atomic E-state index is -0.297. The van der Waals surface area contributed by atoms with Gasteiger partial charge in [-0.3, -0.25) is 0 Å². The molecule has 1 aromatic carbocycles. The Labute approximate surface area is 76.6 Å². The van der Waals surface area contributed by atoms with E-state index in [2.05, 4.69) is 0 Å². The van der Waals surface area contributed by atoms with Gasteiger partial charge < -0.3 is 20.7 Å². The molecule has 0 aliphatic rings. The number of phenolic OH excluding ortho intramolecular Hbond substituents is 2. The summed E-state index contributed by atoms with van der Waals surface area (Å²) >= 11 is 0. The second-order valence-electron chi connectivity index (χ2n) is 2.87. The molecule has 4 N–H and O–H groups in total. The topological polar surface area (TPSA) is 75.7 Å².